The fraction of sp³-hybridized carbons (Fsp3) is 0.438. The molecular weight excluding hydrogens is 306 g/mol. The zero-order valence-corrected chi connectivity index (χ0v) is 13.2. The van der Waals surface area contributed by atoms with E-state index >= 15 is 0 Å². The lowest BCUT2D eigenvalue weighted by Crippen LogP contribution is -2.32. The van der Waals surface area contributed by atoms with Crippen molar-refractivity contribution in [2.45, 2.75) is 31.8 Å². The van der Waals surface area contributed by atoms with E-state index in [2.05, 4.69) is 5.32 Å². The number of fused-ring (bicyclic) bond motifs is 1. The van der Waals surface area contributed by atoms with Crippen LogP contribution in [0, 0.1) is 5.92 Å². The van der Waals surface area contributed by atoms with Crippen LogP contribution in [0.25, 0.3) is 10.1 Å². The van der Waals surface area contributed by atoms with Gasteiger partial charge < -0.3 is 10.4 Å². The molecule has 0 aliphatic heterocycles. The second-order valence-electron chi connectivity index (χ2n) is 5.64. The lowest BCUT2D eigenvalue weighted by molar-refractivity contribution is 0.0877. The lowest BCUT2D eigenvalue weighted by Gasteiger charge is -2.25. The van der Waals surface area contributed by atoms with Gasteiger partial charge in [0.25, 0.3) is 5.91 Å². The number of aliphatic hydroxyl groups excluding tert-OH is 1. The number of benzene rings is 1. The largest absolute Gasteiger partial charge is 0.393 e. The number of carbonyl (C=O) groups excluding carboxylic acids is 1. The van der Waals surface area contributed by atoms with Gasteiger partial charge in [-0.3, -0.25) is 4.79 Å². The van der Waals surface area contributed by atoms with Crippen LogP contribution in [-0.4, -0.2) is 23.7 Å². The second-order valence-corrected chi connectivity index (χ2v) is 7.07. The van der Waals surface area contributed by atoms with Gasteiger partial charge in [0.05, 0.1) is 11.1 Å². The fourth-order valence-electron chi connectivity index (χ4n) is 2.93. The average Bonchev–Trinajstić information content (AvgIpc) is 2.83. The number of aliphatic hydroxyl groups is 1. The normalized spacial score (nSPS) is 22.4. The van der Waals surface area contributed by atoms with Gasteiger partial charge in [-0.2, -0.15) is 0 Å². The molecule has 1 aromatic heterocycles. The topological polar surface area (TPSA) is 49.3 Å². The SMILES string of the molecule is O=C(NCC1CCCC(O)C1)c1sc2ccccc2c1Cl. The van der Waals surface area contributed by atoms with Crippen LogP contribution >= 0.6 is 22.9 Å². The van der Waals surface area contributed by atoms with E-state index in [0.717, 1.165) is 35.8 Å². The molecule has 0 spiro atoms. The van der Waals surface area contributed by atoms with E-state index in [9.17, 15) is 9.90 Å². The summed E-state index contributed by atoms with van der Waals surface area (Å²) in [6.45, 7) is 0.612. The minimum absolute atomic E-state index is 0.110. The molecule has 1 fully saturated rings. The summed E-state index contributed by atoms with van der Waals surface area (Å²) in [4.78, 5) is 12.9. The number of halogens is 1. The van der Waals surface area contributed by atoms with Gasteiger partial charge in [0.15, 0.2) is 0 Å². The highest BCUT2D eigenvalue weighted by atomic mass is 35.5. The van der Waals surface area contributed by atoms with Crippen molar-refractivity contribution < 1.29 is 9.90 Å². The first-order valence-corrected chi connectivity index (χ1v) is 8.48. The van der Waals surface area contributed by atoms with Crippen molar-refractivity contribution in [1.29, 1.82) is 0 Å². The van der Waals surface area contributed by atoms with Gasteiger partial charge in [0, 0.05) is 16.6 Å². The molecule has 2 unspecified atom stereocenters. The van der Waals surface area contributed by atoms with Gasteiger partial charge in [0.2, 0.25) is 0 Å². The number of carbonyl (C=O) groups is 1. The molecule has 1 aliphatic carbocycles. The highest BCUT2D eigenvalue weighted by Gasteiger charge is 2.22. The number of nitrogens with one attached hydrogen (secondary N) is 1. The number of hydrogen-bond donors (Lipinski definition) is 2. The minimum atomic E-state index is -0.214. The van der Waals surface area contributed by atoms with Gasteiger partial charge in [-0.1, -0.05) is 36.2 Å². The third-order valence-electron chi connectivity index (χ3n) is 4.05. The first-order chi connectivity index (χ1) is 10.1. The predicted molar refractivity (Wildman–Crippen MR) is 87.1 cm³/mol. The maximum atomic E-state index is 12.3. The molecule has 0 radical (unpaired) electrons. The molecular formula is C16H18ClNO2S. The Hall–Kier alpha value is -1.10. The Bertz CT molecular complexity index is 655. The molecule has 1 saturated carbocycles. The molecule has 21 heavy (non-hydrogen) atoms. The van der Waals surface area contributed by atoms with Crippen LogP contribution in [-0.2, 0) is 0 Å². The van der Waals surface area contributed by atoms with Gasteiger partial charge in [-0.25, -0.2) is 0 Å². The Morgan fingerprint density at radius 2 is 2.19 bits per heavy atom. The van der Waals surface area contributed by atoms with E-state index in [0.29, 0.717) is 22.4 Å². The summed E-state index contributed by atoms with van der Waals surface area (Å²) in [5, 5.41) is 14.1. The molecule has 1 aliphatic rings. The van der Waals surface area contributed by atoms with E-state index in [1.165, 1.54) is 11.3 Å². The van der Waals surface area contributed by atoms with Gasteiger partial charge in [0.1, 0.15) is 4.88 Å². The summed E-state index contributed by atoms with van der Waals surface area (Å²) < 4.78 is 1.03. The Labute approximate surface area is 132 Å². The smallest absolute Gasteiger partial charge is 0.262 e. The number of rotatable bonds is 3. The standard InChI is InChI=1S/C16H18ClNO2S/c17-14-12-6-1-2-7-13(12)21-15(14)16(20)18-9-10-4-3-5-11(19)8-10/h1-2,6-7,10-11,19H,3-5,8-9H2,(H,18,20). The maximum Gasteiger partial charge on any atom is 0.262 e. The second kappa shape index (κ2) is 6.34. The molecule has 2 aromatic rings. The van der Waals surface area contributed by atoms with E-state index in [1.807, 2.05) is 24.3 Å². The summed E-state index contributed by atoms with van der Waals surface area (Å²) in [5.74, 6) is 0.257. The number of thiophene rings is 1. The Kier molecular flexibility index (Phi) is 4.48. The van der Waals surface area contributed by atoms with Crippen molar-refractivity contribution in [3.05, 3.63) is 34.2 Å². The van der Waals surface area contributed by atoms with Gasteiger partial charge >= 0.3 is 0 Å². The highest BCUT2D eigenvalue weighted by Crippen LogP contribution is 2.35. The summed E-state index contributed by atoms with van der Waals surface area (Å²) in [6.07, 6.45) is 3.55. The van der Waals surface area contributed by atoms with E-state index in [-0.39, 0.29) is 12.0 Å². The third kappa shape index (κ3) is 3.23. The predicted octanol–water partition coefficient (Wildman–Crippen LogP) is 3.84. The molecule has 0 bridgehead atoms. The molecule has 2 N–H and O–H groups in total. The van der Waals surface area contributed by atoms with E-state index in [1.54, 1.807) is 0 Å². The molecule has 1 heterocycles. The van der Waals surface area contributed by atoms with Crippen LogP contribution in [0.3, 0.4) is 0 Å². The first-order valence-electron chi connectivity index (χ1n) is 7.28. The molecule has 0 saturated heterocycles. The third-order valence-corrected chi connectivity index (χ3v) is 5.72. The molecule has 3 nitrogen and oxygen atoms in total. The van der Waals surface area contributed by atoms with Gasteiger partial charge in [-0.05, 0) is 31.2 Å². The van der Waals surface area contributed by atoms with Crippen molar-refractivity contribution in [3.63, 3.8) is 0 Å². The van der Waals surface area contributed by atoms with Crippen LogP contribution < -0.4 is 5.32 Å². The van der Waals surface area contributed by atoms with Crippen LogP contribution in [0.1, 0.15) is 35.4 Å². The maximum absolute atomic E-state index is 12.3. The van der Waals surface area contributed by atoms with Crippen molar-refractivity contribution in [1.82, 2.24) is 5.32 Å². The van der Waals surface area contributed by atoms with E-state index < -0.39 is 0 Å². The lowest BCUT2D eigenvalue weighted by atomic mass is 9.87. The number of hydrogen-bond acceptors (Lipinski definition) is 3. The van der Waals surface area contributed by atoms with E-state index in [4.69, 9.17) is 11.6 Å². The zero-order chi connectivity index (χ0) is 14.8. The molecule has 112 valence electrons. The fourth-order valence-corrected chi connectivity index (χ4v) is 4.36. The first kappa shape index (κ1) is 14.8. The zero-order valence-electron chi connectivity index (χ0n) is 11.6. The highest BCUT2D eigenvalue weighted by molar-refractivity contribution is 7.21. The quantitative estimate of drug-likeness (QED) is 0.901. The Morgan fingerprint density at radius 3 is 2.95 bits per heavy atom. The van der Waals surface area contributed by atoms with Crippen molar-refractivity contribution in [2.24, 2.45) is 5.92 Å². The molecule has 1 aromatic carbocycles. The summed E-state index contributed by atoms with van der Waals surface area (Å²) in [6, 6.07) is 7.77. The van der Waals surface area contributed by atoms with Crippen molar-refractivity contribution in [2.75, 3.05) is 6.54 Å². The molecule has 3 rings (SSSR count). The Morgan fingerprint density at radius 1 is 1.38 bits per heavy atom. The van der Waals surface area contributed by atoms with Crippen LogP contribution in [0.4, 0.5) is 0 Å². The summed E-state index contributed by atoms with van der Waals surface area (Å²) >= 11 is 7.73. The van der Waals surface area contributed by atoms with Gasteiger partial charge in [-0.15, -0.1) is 11.3 Å². The number of amides is 1. The molecule has 5 heteroatoms. The average molecular weight is 324 g/mol. The molecule has 1 amide bonds. The summed E-state index contributed by atoms with van der Waals surface area (Å²) in [7, 11) is 0. The Balaban J connectivity index is 1.68. The molecule has 2 atom stereocenters. The minimum Gasteiger partial charge on any atom is -0.393 e. The van der Waals surface area contributed by atoms with Crippen molar-refractivity contribution in [3.8, 4) is 0 Å². The van der Waals surface area contributed by atoms with Crippen LogP contribution in [0.15, 0.2) is 24.3 Å². The van der Waals surface area contributed by atoms with Crippen LogP contribution in [0.2, 0.25) is 5.02 Å². The summed E-state index contributed by atoms with van der Waals surface area (Å²) in [5.41, 5.74) is 0. The van der Waals surface area contributed by atoms with Crippen LogP contribution in [0.5, 0.6) is 0 Å². The monoisotopic (exact) mass is 323 g/mol. The van der Waals surface area contributed by atoms with Crippen molar-refractivity contribution >= 4 is 38.9 Å².